The van der Waals surface area contributed by atoms with Crippen LogP contribution in [0.15, 0.2) is 53.1 Å². The fourth-order valence-corrected chi connectivity index (χ4v) is 3.50. The number of nitrogens with zero attached hydrogens (tertiary/aromatic N) is 3. The highest BCUT2D eigenvalue weighted by atomic mass is 19.4. The van der Waals surface area contributed by atoms with Crippen molar-refractivity contribution in [2.45, 2.75) is 38.5 Å². The van der Waals surface area contributed by atoms with Crippen molar-refractivity contribution in [1.82, 2.24) is 10.1 Å². The minimum absolute atomic E-state index is 0.0284. The smallest absolute Gasteiger partial charge is 0.406 e. The molecule has 0 aliphatic carbocycles. The zero-order valence-electron chi connectivity index (χ0n) is 16.9. The first-order valence-electron chi connectivity index (χ1n) is 9.80. The van der Waals surface area contributed by atoms with E-state index in [4.69, 9.17) is 4.52 Å². The number of halogens is 3. The molecular weight excluding hydrogens is 411 g/mol. The molecule has 1 fully saturated rings. The van der Waals surface area contributed by atoms with Gasteiger partial charge in [0.1, 0.15) is 5.75 Å². The summed E-state index contributed by atoms with van der Waals surface area (Å²) in [7, 11) is 0. The molecular formula is C22H20F3N3O3. The monoisotopic (exact) mass is 431 g/mol. The molecule has 4 rings (SSSR count). The van der Waals surface area contributed by atoms with Gasteiger partial charge in [0.2, 0.25) is 17.6 Å². The van der Waals surface area contributed by atoms with Crippen molar-refractivity contribution in [3.8, 4) is 17.1 Å². The number of anilines is 1. The van der Waals surface area contributed by atoms with Gasteiger partial charge in [-0.25, -0.2) is 0 Å². The Bertz CT molecular complexity index is 1080. The van der Waals surface area contributed by atoms with Crippen molar-refractivity contribution < 1.29 is 27.2 Å². The lowest BCUT2D eigenvalue weighted by Gasteiger charge is -2.18. The SMILES string of the molecule is CC(C)c1cccc(N2CC(c3nc(-c4ccc(OC(F)(F)F)cc4)no3)CC2=O)c1. The molecule has 0 saturated carbocycles. The second kappa shape index (κ2) is 8.05. The zero-order chi connectivity index (χ0) is 22.2. The fourth-order valence-electron chi connectivity index (χ4n) is 3.50. The van der Waals surface area contributed by atoms with E-state index in [2.05, 4.69) is 28.7 Å². The number of carbonyl (C=O) groups is 1. The number of hydrogen-bond acceptors (Lipinski definition) is 5. The van der Waals surface area contributed by atoms with E-state index in [1.807, 2.05) is 24.3 Å². The van der Waals surface area contributed by atoms with Crippen molar-refractivity contribution in [2.75, 3.05) is 11.4 Å². The molecule has 1 aliphatic rings. The molecule has 31 heavy (non-hydrogen) atoms. The topological polar surface area (TPSA) is 68.5 Å². The second-order valence-corrected chi connectivity index (χ2v) is 7.68. The molecule has 2 aromatic carbocycles. The second-order valence-electron chi connectivity index (χ2n) is 7.68. The van der Waals surface area contributed by atoms with Gasteiger partial charge in [-0.15, -0.1) is 13.2 Å². The molecule has 3 aromatic rings. The molecule has 0 bridgehead atoms. The van der Waals surface area contributed by atoms with Crippen molar-refractivity contribution in [3.63, 3.8) is 0 Å². The van der Waals surface area contributed by atoms with Gasteiger partial charge in [-0.3, -0.25) is 4.79 Å². The highest BCUT2D eigenvalue weighted by molar-refractivity contribution is 5.96. The molecule has 1 atom stereocenters. The van der Waals surface area contributed by atoms with Gasteiger partial charge in [-0.1, -0.05) is 31.1 Å². The highest BCUT2D eigenvalue weighted by Crippen LogP contribution is 2.33. The van der Waals surface area contributed by atoms with Gasteiger partial charge in [-0.05, 0) is 47.9 Å². The lowest BCUT2D eigenvalue weighted by molar-refractivity contribution is -0.274. The quantitative estimate of drug-likeness (QED) is 0.550. The average molecular weight is 431 g/mol. The van der Waals surface area contributed by atoms with Crippen molar-refractivity contribution >= 4 is 11.6 Å². The predicted molar refractivity (Wildman–Crippen MR) is 107 cm³/mol. The van der Waals surface area contributed by atoms with E-state index in [9.17, 15) is 18.0 Å². The Morgan fingerprint density at radius 2 is 1.90 bits per heavy atom. The van der Waals surface area contributed by atoms with Crippen LogP contribution < -0.4 is 9.64 Å². The van der Waals surface area contributed by atoms with E-state index in [0.717, 1.165) is 11.3 Å². The third-order valence-electron chi connectivity index (χ3n) is 5.11. The zero-order valence-corrected chi connectivity index (χ0v) is 16.9. The maximum Gasteiger partial charge on any atom is 0.573 e. The summed E-state index contributed by atoms with van der Waals surface area (Å²) in [6.45, 7) is 4.60. The Labute approximate surface area is 176 Å². The van der Waals surface area contributed by atoms with Crippen molar-refractivity contribution in [2.24, 2.45) is 0 Å². The lowest BCUT2D eigenvalue weighted by atomic mass is 10.0. The van der Waals surface area contributed by atoms with Crippen LogP contribution >= 0.6 is 0 Å². The van der Waals surface area contributed by atoms with Gasteiger partial charge < -0.3 is 14.2 Å². The van der Waals surface area contributed by atoms with Crippen LogP contribution in [0.2, 0.25) is 0 Å². The van der Waals surface area contributed by atoms with Crippen LogP contribution in [0.4, 0.5) is 18.9 Å². The average Bonchev–Trinajstić information content (AvgIpc) is 3.34. The normalized spacial score (nSPS) is 16.9. The minimum Gasteiger partial charge on any atom is -0.406 e. The van der Waals surface area contributed by atoms with Crippen LogP contribution in [0, 0.1) is 0 Å². The van der Waals surface area contributed by atoms with Crippen LogP contribution in [0.3, 0.4) is 0 Å². The molecule has 1 unspecified atom stereocenters. The molecule has 0 spiro atoms. The molecule has 1 saturated heterocycles. The van der Waals surface area contributed by atoms with Gasteiger partial charge in [0.15, 0.2) is 0 Å². The van der Waals surface area contributed by atoms with Crippen molar-refractivity contribution in [3.05, 3.63) is 60.0 Å². The number of aromatic nitrogens is 2. The molecule has 9 heteroatoms. The van der Waals surface area contributed by atoms with Crippen LogP contribution in [0.25, 0.3) is 11.4 Å². The summed E-state index contributed by atoms with van der Waals surface area (Å²) in [5, 5.41) is 3.92. The summed E-state index contributed by atoms with van der Waals surface area (Å²) in [6.07, 6.45) is -4.51. The number of carbonyl (C=O) groups excluding carboxylic acids is 1. The third kappa shape index (κ3) is 4.70. The molecule has 1 amide bonds. The Morgan fingerprint density at radius 1 is 1.16 bits per heavy atom. The molecule has 162 valence electrons. The molecule has 0 N–H and O–H groups in total. The van der Waals surface area contributed by atoms with E-state index in [1.54, 1.807) is 4.90 Å². The first-order valence-corrected chi connectivity index (χ1v) is 9.80. The largest absolute Gasteiger partial charge is 0.573 e. The Hall–Kier alpha value is -3.36. The Balaban J connectivity index is 1.48. The Morgan fingerprint density at radius 3 is 2.58 bits per heavy atom. The summed E-state index contributed by atoms with van der Waals surface area (Å²) in [5.41, 5.74) is 2.46. The van der Waals surface area contributed by atoms with Gasteiger partial charge in [0.25, 0.3) is 0 Å². The first kappa shape index (κ1) is 20.9. The van der Waals surface area contributed by atoms with E-state index in [0.29, 0.717) is 23.9 Å². The number of benzene rings is 2. The van der Waals surface area contributed by atoms with E-state index < -0.39 is 6.36 Å². The van der Waals surface area contributed by atoms with Crippen LogP contribution in [-0.2, 0) is 4.79 Å². The van der Waals surface area contributed by atoms with Gasteiger partial charge >= 0.3 is 6.36 Å². The first-order chi connectivity index (χ1) is 14.7. The number of amides is 1. The fraction of sp³-hybridized carbons (Fsp3) is 0.318. The highest BCUT2D eigenvalue weighted by Gasteiger charge is 2.35. The Kier molecular flexibility index (Phi) is 5.43. The van der Waals surface area contributed by atoms with Crippen LogP contribution in [-0.4, -0.2) is 29.0 Å². The van der Waals surface area contributed by atoms with Gasteiger partial charge in [0, 0.05) is 24.2 Å². The third-order valence-corrected chi connectivity index (χ3v) is 5.11. The van der Waals surface area contributed by atoms with Gasteiger partial charge in [-0.2, -0.15) is 4.98 Å². The summed E-state index contributed by atoms with van der Waals surface area (Å²) in [5.74, 6) is 0.284. The number of rotatable bonds is 5. The maximum atomic E-state index is 12.6. The maximum absolute atomic E-state index is 12.6. The van der Waals surface area contributed by atoms with Crippen molar-refractivity contribution in [1.29, 1.82) is 0 Å². The molecule has 6 nitrogen and oxygen atoms in total. The van der Waals surface area contributed by atoms with Crippen LogP contribution in [0.1, 0.15) is 43.6 Å². The predicted octanol–water partition coefficient (Wildman–Crippen LogP) is 5.28. The number of ether oxygens (including phenoxy) is 1. The molecule has 2 heterocycles. The molecule has 1 aromatic heterocycles. The van der Waals surface area contributed by atoms with E-state index in [1.165, 1.54) is 24.3 Å². The molecule has 0 radical (unpaired) electrons. The summed E-state index contributed by atoms with van der Waals surface area (Å²) in [6, 6.07) is 13.1. The van der Waals surface area contributed by atoms with E-state index in [-0.39, 0.29) is 29.8 Å². The minimum atomic E-state index is -4.75. The summed E-state index contributed by atoms with van der Waals surface area (Å²) in [4.78, 5) is 18.7. The van der Waals surface area contributed by atoms with E-state index >= 15 is 0 Å². The standard InChI is InChI=1S/C22H20F3N3O3/c1-13(2)15-4-3-5-17(10-15)28-12-16(11-19(28)29)21-26-20(27-31-21)14-6-8-18(9-7-14)30-22(23,24)25/h3-10,13,16H,11-12H2,1-2H3. The lowest BCUT2D eigenvalue weighted by Crippen LogP contribution is -2.24. The number of hydrogen-bond donors (Lipinski definition) is 0. The van der Waals surface area contributed by atoms with Crippen LogP contribution in [0.5, 0.6) is 5.75 Å². The molecule has 1 aliphatic heterocycles. The number of alkyl halides is 3. The summed E-state index contributed by atoms with van der Waals surface area (Å²) < 4.78 is 46.1. The summed E-state index contributed by atoms with van der Waals surface area (Å²) >= 11 is 0. The van der Waals surface area contributed by atoms with Gasteiger partial charge in [0.05, 0.1) is 5.92 Å².